The van der Waals surface area contributed by atoms with Crippen molar-refractivity contribution in [1.29, 1.82) is 0 Å². The lowest BCUT2D eigenvalue weighted by Crippen LogP contribution is -2.43. The quantitative estimate of drug-likeness (QED) is 0.802. The third-order valence-corrected chi connectivity index (χ3v) is 3.72. The molecule has 0 spiro atoms. The normalized spacial score (nSPS) is 19.1. The number of hydrogen-bond acceptors (Lipinski definition) is 3. The molecule has 1 saturated heterocycles. The topological polar surface area (TPSA) is 42.4 Å². The van der Waals surface area contributed by atoms with Gasteiger partial charge in [-0.05, 0) is 38.3 Å². The molecule has 20 heavy (non-hydrogen) atoms. The third kappa shape index (κ3) is 3.70. The minimum absolute atomic E-state index is 0.0217. The Hall–Kier alpha value is -1.13. The van der Waals surface area contributed by atoms with Gasteiger partial charge in [0.05, 0.1) is 6.10 Å². The molecule has 2 rings (SSSR count). The molecule has 1 unspecified atom stereocenters. The number of nitrogens with zero attached hydrogens (tertiary/aromatic N) is 2. The van der Waals surface area contributed by atoms with E-state index in [2.05, 4.69) is 4.98 Å². The highest BCUT2D eigenvalue weighted by Crippen LogP contribution is 2.18. The standard InChI is InChI=1S/C15H21ClN2O2/c1-3-12-8-11(9-14(16)17-12)15(19)18-7-5-6-13(10-18)20-4-2/h8-9,13H,3-7,10H2,1-2H3. The summed E-state index contributed by atoms with van der Waals surface area (Å²) in [6.45, 7) is 6.11. The number of rotatable bonds is 4. The lowest BCUT2D eigenvalue weighted by atomic mass is 10.1. The summed E-state index contributed by atoms with van der Waals surface area (Å²) < 4.78 is 5.64. The first-order valence-corrected chi connectivity index (χ1v) is 7.59. The van der Waals surface area contributed by atoms with E-state index in [1.807, 2.05) is 24.8 Å². The van der Waals surface area contributed by atoms with Crippen LogP contribution in [0.3, 0.4) is 0 Å². The summed E-state index contributed by atoms with van der Waals surface area (Å²) in [4.78, 5) is 18.6. The van der Waals surface area contributed by atoms with E-state index in [1.54, 1.807) is 6.07 Å². The molecule has 110 valence electrons. The number of likely N-dealkylation sites (tertiary alicyclic amines) is 1. The number of carbonyl (C=O) groups excluding carboxylic acids is 1. The van der Waals surface area contributed by atoms with Crippen molar-refractivity contribution in [3.05, 3.63) is 28.5 Å². The first-order valence-electron chi connectivity index (χ1n) is 7.21. The van der Waals surface area contributed by atoms with E-state index in [9.17, 15) is 4.79 Å². The Morgan fingerprint density at radius 3 is 3.00 bits per heavy atom. The van der Waals surface area contributed by atoms with Crippen LogP contribution in [0.15, 0.2) is 12.1 Å². The SMILES string of the molecule is CCOC1CCCN(C(=O)c2cc(Cl)nc(CC)c2)C1. The van der Waals surface area contributed by atoms with Crippen molar-refractivity contribution in [2.24, 2.45) is 0 Å². The van der Waals surface area contributed by atoms with Gasteiger partial charge in [-0.1, -0.05) is 18.5 Å². The van der Waals surface area contributed by atoms with Crippen molar-refractivity contribution in [3.8, 4) is 0 Å². The highest BCUT2D eigenvalue weighted by atomic mass is 35.5. The number of ether oxygens (including phenoxy) is 1. The van der Waals surface area contributed by atoms with Crippen LogP contribution in [0.4, 0.5) is 0 Å². The van der Waals surface area contributed by atoms with Gasteiger partial charge in [0.15, 0.2) is 0 Å². The molecule has 1 aromatic heterocycles. The van der Waals surface area contributed by atoms with Crippen LogP contribution in [0.25, 0.3) is 0 Å². The van der Waals surface area contributed by atoms with E-state index >= 15 is 0 Å². The van der Waals surface area contributed by atoms with E-state index in [0.717, 1.165) is 31.5 Å². The molecular weight excluding hydrogens is 276 g/mol. The van der Waals surface area contributed by atoms with Gasteiger partial charge in [0.25, 0.3) is 5.91 Å². The van der Waals surface area contributed by atoms with Crippen LogP contribution < -0.4 is 0 Å². The molecule has 0 saturated carbocycles. The number of carbonyl (C=O) groups is 1. The van der Waals surface area contributed by atoms with Gasteiger partial charge < -0.3 is 9.64 Å². The maximum absolute atomic E-state index is 12.6. The molecule has 1 fully saturated rings. The zero-order valence-electron chi connectivity index (χ0n) is 12.1. The van der Waals surface area contributed by atoms with Crippen LogP contribution in [0.2, 0.25) is 5.15 Å². The Morgan fingerprint density at radius 1 is 1.50 bits per heavy atom. The molecule has 1 atom stereocenters. The minimum Gasteiger partial charge on any atom is -0.377 e. The maximum Gasteiger partial charge on any atom is 0.254 e. The summed E-state index contributed by atoms with van der Waals surface area (Å²) in [6.07, 6.45) is 2.92. The van der Waals surface area contributed by atoms with Gasteiger partial charge in [0.2, 0.25) is 0 Å². The predicted octanol–water partition coefficient (Wildman–Crippen LogP) is 2.94. The number of aryl methyl sites for hydroxylation is 1. The number of hydrogen-bond donors (Lipinski definition) is 0. The van der Waals surface area contributed by atoms with Crippen LogP contribution >= 0.6 is 11.6 Å². The maximum atomic E-state index is 12.6. The molecule has 0 bridgehead atoms. The Kier molecular flexibility index (Phi) is 5.38. The molecule has 0 radical (unpaired) electrons. The highest BCUT2D eigenvalue weighted by Gasteiger charge is 2.25. The third-order valence-electron chi connectivity index (χ3n) is 3.52. The van der Waals surface area contributed by atoms with Crippen molar-refractivity contribution in [1.82, 2.24) is 9.88 Å². The van der Waals surface area contributed by atoms with Gasteiger partial charge in [-0.15, -0.1) is 0 Å². The lowest BCUT2D eigenvalue weighted by Gasteiger charge is -2.32. The Bertz CT molecular complexity index is 477. The van der Waals surface area contributed by atoms with E-state index in [-0.39, 0.29) is 12.0 Å². The molecular formula is C15H21ClN2O2. The fourth-order valence-corrected chi connectivity index (χ4v) is 2.76. The first-order chi connectivity index (χ1) is 9.63. The van der Waals surface area contributed by atoms with Crippen molar-refractivity contribution < 1.29 is 9.53 Å². The van der Waals surface area contributed by atoms with E-state index in [4.69, 9.17) is 16.3 Å². The second-order valence-corrected chi connectivity index (χ2v) is 5.38. The zero-order chi connectivity index (χ0) is 14.5. The van der Waals surface area contributed by atoms with Gasteiger partial charge >= 0.3 is 0 Å². The molecule has 0 aliphatic carbocycles. The van der Waals surface area contributed by atoms with Gasteiger partial charge in [0.1, 0.15) is 5.15 Å². The average molecular weight is 297 g/mol. The fraction of sp³-hybridized carbons (Fsp3) is 0.600. The second-order valence-electron chi connectivity index (χ2n) is 4.99. The minimum atomic E-state index is 0.0217. The van der Waals surface area contributed by atoms with Crippen molar-refractivity contribution >= 4 is 17.5 Å². The average Bonchev–Trinajstić information content (AvgIpc) is 2.46. The molecule has 1 amide bonds. The summed E-state index contributed by atoms with van der Waals surface area (Å²) in [7, 11) is 0. The first kappa shape index (κ1) is 15.3. The monoisotopic (exact) mass is 296 g/mol. The van der Waals surface area contributed by atoms with Crippen molar-refractivity contribution in [2.45, 2.75) is 39.2 Å². The van der Waals surface area contributed by atoms with Gasteiger partial charge in [-0.3, -0.25) is 4.79 Å². The number of pyridine rings is 1. The molecule has 1 aliphatic rings. The highest BCUT2D eigenvalue weighted by molar-refractivity contribution is 6.29. The number of aromatic nitrogens is 1. The summed E-state index contributed by atoms with van der Waals surface area (Å²) >= 11 is 5.98. The molecule has 1 aromatic rings. The van der Waals surface area contributed by atoms with Crippen molar-refractivity contribution in [2.75, 3.05) is 19.7 Å². The Morgan fingerprint density at radius 2 is 2.30 bits per heavy atom. The van der Waals surface area contributed by atoms with E-state index in [0.29, 0.717) is 23.9 Å². The van der Waals surface area contributed by atoms with Crippen LogP contribution in [-0.4, -0.2) is 41.6 Å². The molecule has 0 aromatic carbocycles. The smallest absolute Gasteiger partial charge is 0.254 e. The molecule has 1 aliphatic heterocycles. The Labute approximate surface area is 125 Å². The lowest BCUT2D eigenvalue weighted by molar-refractivity contribution is 0.00723. The van der Waals surface area contributed by atoms with Gasteiger partial charge in [-0.2, -0.15) is 0 Å². The van der Waals surface area contributed by atoms with E-state index in [1.165, 1.54) is 0 Å². The second kappa shape index (κ2) is 7.04. The van der Waals surface area contributed by atoms with Crippen LogP contribution in [0, 0.1) is 0 Å². The summed E-state index contributed by atoms with van der Waals surface area (Å²) in [5, 5.41) is 0.381. The largest absolute Gasteiger partial charge is 0.377 e. The number of halogens is 1. The van der Waals surface area contributed by atoms with Crippen LogP contribution in [0.5, 0.6) is 0 Å². The number of piperidine rings is 1. The van der Waals surface area contributed by atoms with Crippen LogP contribution in [0.1, 0.15) is 42.7 Å². The summed E-state index contributed by atoms with van der Waals surface area (Å²) in [6, 6.07) is 3.48. The van der Waals surface area contributed by atoms with Crippen LogP contribution in [-0.2, 0) is 11.2 Å². The fourth-order valence-electron chi connectivity index (χ4n) is 2.53. The van der Waals surface area contributed by atoms with E-state index < -0.39 is 0 Å². The zero-order valence-corrected chi connectivity index (χ0v) is 12.8. The molecule has 0 N–H and O–H groups in total. The Balaban J connectivity index is 2.12. The number of amides is 1. The predicted molar refractivity (Wildman–Crippen MR) is 79.2 cm³/mol. The molecule has 4 nitrogen and oxygen atoms in total. The summed E-state index contributed by atoms with van der Waals surface area (Å²) in [5.41, 5.74) is 1.47. The van der Waals surface area contributed by atoms with Gasteiger partial charge in [-0.25, -0.2) is 4.98 Å². The summed E-state index contributed by atoms with van der Waals surface area (Å²) in [5.74, 6) is 0.0217. The molecule has 2 heterocycles. The van der Waals surface area contributed by atoms with Crippen molar-refractivity contribution in [3.63, 3.8) is 0 Å². The molecule has 5 heteroatoms. The van der Waals surface area contributed by atoms with Gasteiger partial charge in [0, 0.05) is 31.0 Å².